The van der Waals surface area contributed by atoms with Gasteiger partial charge in [0.1, 0.15) is 10.8 Å². The normalized spacial score (nSPS) is 23.1. The van der Waals surface area contributed by atoms with E-state index in [1.54, 1.807) is 19.2 Å². The van der Waals surface area contributed by atoms with Gasteiger partial charge < -0.3 is 10.1 Å². The van der Waals surface area contributed by atoms with E-state index >= 15 is 0 Å². The summed E-state index contributed by atoms with van der Waals surface area (Å²) in [6.07, 6.45) is 5.16. The third-order valence-electron chi connectivity index (χ3n) is 5.17. The van der Waals surface area contributed by atoms with Gasteiger partial charge >= 0.3 is 0 Å². The number of nitro groups is 1. The van der Waals surface area contributed by atoms with Crippen LogP contribution in [0.25, 0.3) is 0 Å². The highest BCUT2D eigenvalue weighted by Crippen LogP contribution is 2.54. The van der Waals surface area contributed by atoms with E-state index in [1.807, 2.05) is 18.2 Å². The first-order valence-corrected chi connectivity index (χ1v) is 9.00. The number of nitro benzene ring substituents is 1. The van der Waals surface area contributed by atoms with Crippen molar-refractivity contribution in [2.75, 3.05) is 12.4 Å². The highest BCUT2D eigenvalue weighted by Gasteiger charge is 2.40. The molecule has 2 aliphatic rings. The molecule has 0 unspecified atom stereocenters. The summed E-state index contributed by atoms with van der Waals surface area (Å²) < 4.78 is 5.51. The molecule has 1 aliphatic carbocycles. The molecule has 1 N–H and O–H groups in total. The minimum Gasteiger partial charge on any atom is -0.495 e. The summed E-state index contributed by atoms with van der Waals surface area (Å²) in [4.78, 5) is 10.8. The van der Waals surface area contributed by atoms with Crippen LogP contribution in [0.1, 0.15) is 29.5 Å². The Morgan fingerprint density at radius 1 is 1.23 bits per heavy atom. The second-order valence-corrected chi connectivity index (χ2v) is 7.30. The van der Waals surface area contributed by atoms with E-state index in [-0.39, 0.29) is 28.6 Å². The fourth-order valence-corrected chi connectivity index (χ4v) is 4.47. The molecule has 1 aliphatic heterocycles. The molecule has 26 heavy (non-hydrogen) atoms. The molecule has 0 fully saturated rings. The van der Waals surface area contributed by atoms with Crippen LogP contribution in [0, 0.1) is 16.0 Å². The molecule has 2 aromatic carbocycles. The number of ether oxygens (including phenoxy) is 1. The Balaban J connectivity index is 1.84. The van der Waals surface area contributed by atoms with Gasteiger partial charge in [-0.1, -0.05) is 41.4 Å². The number of rotatable bonds is 3. The number of allylic oxidation sites excluding steroid dienone is 2. The maximum atomic E-state index is 11.3. The zero-order valence-electron chi connectivity index (χ0n) is 13.9. The van der Waals surface area contributed by atoms with E-state index in [0.29, 0.717) is 10.8 Å². The van der Waals surface area contributed by atoms with Crippen LogP contribution in [0.5, 0.6) is 5.75 Å². The lowest BCUT2D eigenvalue weighted by atomic mass is 9.76. The van der Waals surface area contributed by atoms with Crippen LogP contribution in [0.3, 0.4) is 0 Å². The van der Waals surface area contributed by atoms with E-state index in [0.717, 1.165) is 23.2 Å². The number of hydrogen-bond donors (Lipinski definition) is 1. The summed E-state index contributed by atoms with van der Waals surface area (Å²) in [6.45, 7) is 0. The third-order valence-corrected chi connectivity index (χ3v) is 5.82. The van der Waals surface area contributed by atoms with Crippen molar-refractivity contribution >= 4 is 34.6 Å². The van der Waals surface area contributed by atoms with Crippen molar-refractivity contribution in [3.05, 3.63) is 73.8 Å². The molecule has 0 radical (unpaired) electrons. The van der Waals surface area contributed by atoms with Gasteiger partial charge in [-0.25, -0.2) is 0 Å². The summed E-state index contributed by atoms with van der Waals surface area (Å²) >= 11 is 12.5. The molecular weight excluding hydrogens is 375 g/mol. The Bertz CT molecular complexity index is 929. The molecule has 0 saturated carbocycles. The van der Waals surface area contributed by atoms with Gasteiger partial charge in [0.05, 0.1) is 23.8 Å². The van der Waals surface area contributed by atoms with Gasteiger partial charge in [-0.3, -0.25) is 10.1 Å². The average Bonchev–Trinajstić information content (AvgIpc) is 3.11. The minimum absolute atomic E-state index is 0.0858. The first kappa shape index (κ1) is 17.2. The molecule has 2 aromatic rings. The van der Waals surface area contributed by atoms with Crippen LogP contribution >= 0.6 is 23.2 Å². The van der Waals surface area contributed by atoms with E-state index in [1.165, 1.54) is 0 Å². The van der Waals surface area contributed by atoms with Crippen LogP contribution in [0.2, 0.25) is 10.0 Å². The molecule has 7 heteroatoms. The molecule has 0 spiro atoms. The topological polar surface area (TPSA) is 64.4 Å². The standard InChI is InChI=1S/C19H16Cl2N2O3/c1-26-16-8-7-14(21)17-11-3-2-4-12(11)18(22-19(16)17)10-5-6-13(20)15(9-10)23(24)25/h2-3,5-9,11-12,18,22H,4H2,1H3/t11-,12+,18-/m1/s1. The van der Waals surface area contributed by atoms with Gasteiger partial charge in [0.15, 0.2) is 0 Å². The number of anilines is 1. The van der Waals surface area contributed by atoms with Crippen LogP contribution < -0.4 is 10.1 Å². The fraction of sp³-hybridized carbons (Fsp3) is 0.263. The van der Waals surface area contributed by atoms with Crippen molar-refractivity contribution in [1.29, 1.82) is 0 Å². The summed E-state index contributed by atoms with van der Waals surface area (Å²) in [5, 5.41) is 15.6. The Morgan fingerprint density at radius 2 is 2.00 bits per heavy atom. The van der Waals surface area contributed by atoms with Crippen molar-refractivity contribution in [2.24, 2.45) is 5.92 Å². The lowest BCUT2D eigenvalue weighted by Crippen LogP contribution is -2.29. The van der Waals surface area contributed by atoms with Crippen LogP contribution in [0.4, 0.5) is 11.4 Å². The zero-order valence-corrected chi connectivity index (χ0v) is 15.4. The number of methoxy groups -OCH3 is 1. The van der Waals surface area contributed by atoms with E-state index in [9.17, 15) is 10.1 Å². The smallest absolute Gasteiger partial charge is 0.288 e. The number of fused-ring (bicyclic) bond motifs is 3. The maximum absolute atomic E-state index is 11.3. The molecule has 1 heterocycles. The summed E-state index contributed by atoms with van der Waals surface area (Å²) in [5.41, 5.74) is 2.60. The molecular formula is C19H16Cl2N2O3. The molecule has 0 amide bonds. The highest BCUT2D eigenvalue weighted by atomic mass is 35.5. The number of halogens is 2. The molecule has 0 aromatic heterocycles. The zero-order chi connectivity index (χ0) is 18.4. The number of benzene rings is 2. The van der Waals surface area contributed by atoms with Crippen molar-refractivity contribution < 1.29 is 9.66 Å². The van der Waals surface area contributed by atoms with Crippen molar-refractivity contribution in [3.63, 3.8) is 0 Å². The first-order valence-electron chi connectivity index (χ1n) is 8.24. The minimum atomic E-state index is -0.454. The predicted octanol–water partition coefficient (Wildman–Crippen LogP) is 5.74. The molecule has 3 atom stereocenters. The summed E-state index contributed by atoms with van der Waals surface area (Å²) in [7, 11) is 1.61. The van der Waals surface area contributed by atoms with Gasteiger partial charge in [0, 0.05) is 22.6 Å². The second kappa shape index (κ2) is 6.49. The van der Waals surface area contributed by atoms with E-state index < -0.39 is 4.92 Å². The lowest BCUT2D eigenvalue weighted by Gasteiger charge is -2.38. The van der Waals surface area contributed by atoms with Crippen molar-refractivity contribution in [2.45, 2.75) is 18.4 Å². The van der Waals surface area contributed by atoms with E-state index in [4.69, 9.17) is 27.9 Å². The molecule has 4 rings (SSSR count). The van der Waals surface area contributed by atoms with Gasteiger partial charge in [0.25, 0.3) is 5.69 Å². The first-order chi connectivity index (χ1) is 12.5. The van der Waals surface area contributed by atoms with Gasteiger partial charge in [-0.2, -0.15) is 0 Å². The van der Waals surface area contributed by atoms with Crippen molar-refractivity contribution in [1.82, 2.24) is 0 Å². The largest absolute Gasteiger partial charge is 0.495 e. The number of nitrogens with zero attached hydrogens (tertiary/aromatic N) is 1. The van der Waals surface area contributed by atoms with Crippen molar-refractivity contribution in [3.8, 4) is 5.75 Å². The monoisotopic (exact) mass is 390 g/mol. The fourth-order valence-electron chi connectivity index (χ4n) is 4.00. The molecule has 0 bridgehead atoms. The van der Waals surface area contributed by atoms with Crippen LogP contribution in [-0.2, 0) is 0 Å². The van der Waals surface area contributed by atoms with Gasteiger partial charge in [-0.15, -0.1) is 0 Å². The average molecular weight is 391 g/mol. The second-order valence-electron chi connectivity index (χ2n) is 6.48. The Morgan fingerprint density at radius 3 is 2.73 bits per heavy atom. The molecule has 5 nitrogen and oxygen atoms in total. The molecule has 134 valence electrons. The quantitative estimate of drug-likeness (QED) is 0.412. The highest BCUT2D eigenvalue weighted by molar-refractivity contribution is 6.32. The maximum Gasteiger partial charge on any atom is 0.288 e. The van der Waals surface area contributed by atoms with Crippen LogP contribution in [-0.4, -0.2) is 12.0 Å². The van der Waals surface area contributed by atoms with Crippen LogP contribution in [0.15, 0.2) is 42.5 Å². The molecule has 0 saturated heterocycles. The number of nitrogens with one attached hydrogen (secondary N) is 1. The Kier molecular flexibility index (Phi) is 4.29. The Labute approximate surface area is 160 Å². The van der Waals surface area contributed by atoms with Gasteiger partial charge in [0.2, 0.25) is 0 Å². The SMILES string of the molecule is COc1ccc(Cl)c2c1N[C@H](c1ccc(Cl)c([N+](=O)[O-])c1)[C@H]1CC=C[C@@H]21. The third kappa shape index (κ3) is 2.63. The van der Waals surface area contributed by atoms with Gasteiger partial charge in [-0.05, 0) is 36.1 Å². The predicted molar refractivity (Wildman–Crippen MR) is 102 cm³/mol. The summed E-state index contributed by atoms with van der Waals surface area (Å²) in [6, 6.07) is 8.54. The summed E-state index contributed by atoms with van der Waals surface area (Å²) in [5.74, 6) is 1.05. The Hall–Kier alpha value is -2.24. The lowest BCUT2D eigenvalue weighted by molar-refractivity contribution is -0.384. The number of hydrogen-bond acceptors (Lipinski definition) is 4. The van der Waals surface area contributed by atoms with E-state index in [2.05, 4.69) is 17.5 Å².